The second-order valence-corrected chi connectivity index (χ2v) is 8.25. The highest BCUT2D eigenvalue weighted by molar-refractivity contribution is 5.78. The van der Waals surface area contributed by atoms with E-state index in [1.54, 1.807) is 0 Å². The van der Waals surface area contributed by atoms with E-state index in [-0.39, 0.29) is 22.4 Å². The number of benzene rings is 4. The summed E-state index contributed by atoms with van der Waals surface area (Å²) in [6.45, 7) is 0. The van der Waals surface area contributed by atoms with Crippen LogP contribution in [0.4, 0.5) is 57.9 Å². The zero-order chi connectivity index (χ0) is 30.0. The van der Waals surface area contributed by atoms with Gasteiger partial charge in [-0.25, -0.2) is 8.78 Å². The molecule has 0 spiro atoms. The summed E-state index contributed by atoms with van der Waals surface area (Å²) >= 11 is 0. The highest BCUT2D eigenvalue weighted by atomic mass is 19.4. The smallest absolute Gasteiger partial charge is 0.397 e. The minimum atomic E-state index is -4.83. The molecule has 0 aromatic heterocycles. The highest BCUT2D eigenvalue weighted by Crippen LogP contribution is 2.41. The number of hydrogen-bond donors (Lipinski definition) is 3. The van der Waals surface area contributed by atoms with Crippen molar-refractivity contribution < 1.29 is 40.0 Å². The van der Waals surface area contributed by atoms with Crippen LogP contribution in [0.15, 0.2) is 72.8 Å². The molecule has 0 aliphatic rings. The number of nitrogens with zero attached hydrogens (tertiary/aromatic N) is 1. The first-order chi connectivity index (χ1) is 18.5. The van der Waals surface area contributed by atoms with Crippen molar-refractivity contribution in [3.8, 4) is 22.3 Å². The van der Waals surface area contributed by atoms with Gasteiger partial charge in [-0.3, -0.25) is 10.1 Å². The largest absolute Gasteiger partial charge is 0.418 e. The molecule has 40 heavy (non-hydrogen) atoms. The summed E-state index contributed by atoms with van der Waals surface area (Å²) < 4.78 is 103. The van der Waals surface area contributed by atoms with Gasteiger partial charge in [0.1, 0.15) is 17.3 Å². The van der Waals surface area contributed by atoms with E-state index in [1.165, 1.54) is 30.3 Å². The van der Waals surface area contributed by atoms with Crippen LogP contribution in [-0.2, 0) is 12.4 Å². The Morgan fingerprint density at radius 3 is 1.32 bits per heavy atom. The minimum Gasteiger partial charge on any atom is -0.397 e. The van der Waals surface area contributed by atoms with Gasteiger partial charge in [0.25, 0.3) is 5.69 Å². The summed E-state index contributed by atoms with van der Waals surface area (Å²) in [5.41, 5.74) is 12.1. The van der Waals surface area contributed by atoms with E-state index in [2.05, 4.69) is 0 Å². The molecule has 0 saturated carbocycles. The number of nitro groups is 1. The van der Waals surface area contributed by atoms with Crippen molar-refractivity contribution in [2.75, 3.05) is 17.2 Å². The highest BCUT2D eigenvalue weighted by Gasteiger charge is 2.37. The molecule has 0 fully saturated rings. The number of nitro benzene ring substituents is 1. The third-order valence-corrected chi connectivity index (χ3v) is 5.53. The van der Waals surface area contributed by atoms with E-state index in [9.17, 15) is 45.2 Å². The first-order valence-corrected chi connectivity index (χ1v) is 10.9. The van der Waals surface area contributed by atoms with Crippen molar-refractivity contribution in [2.45, 2.75) is 12.4 Å². The van der Waals surface area contributed by atoms with E-state index in [0.29, 0.717) is 11.6 Å². The molecule has 0 saturated heterocycles. The first-order valence-electron chi connectivity index (χ1n) is 10.9. The third kappa shape index (κ3) is 6.76. The molecule has 14 heteroatoms. The van der Waals surface area contributed by atoms with Crippen LogP contribution >= 0.6 is 0 Å². The first kappa shape index (κ1) is 29.7. The van der Waals surface area contributed by atoms with Crippen LogP contribution in [0.5, 0.6) is 0 Å². The topological polar surface area (TPSA) is 121 Å². The molecule has 0 bridgehead atoms. The fourth-order valence-electron chi connectivity index (χ4n) is 3.55. The molecule has 4 rings (SSSR count). The lowest BCUT2D eigenvalue weighted by atomic mass is 10.00. The molecule has 4 aromatic rings. The summed E-state index contributed by atoms with van der Waals surface area (Å²) in [5, 5.41) is 10.8. The summed E-state index contributed by atoms with van der Waals surface area (Å²) in [5.74, 6) is -1.04. The van der Waals surface area contributed by atoms with Crippen molar-refractivity contribution >= 4 is 22.7 Å². The fraction of sp³-hybridized carbons (Fsp3) is 0.0769. The second-order valence-electron chi connectivity index (χ2n) is 8.25. The summed E-state index contributed by atoms with van der Waals surface area (Å²) in [6.07, 6.45) is -9.42. The number of alkyl halides is 6. The molecule has 4 aromatic carbocycles. The van der Waals surface area contributed by atoms with Crippen LogP contribution in [0.25, 0.3) is 22.3 Å². The zero-order valence-electron chi connectivity index (χ0n) is 19.9. The van der Waals surface area contributed by atoms with Crippen LogP contribution in [0.2, 0.25) is 0 Å². The average Bonchev–Trinajstić information content (AvgIpc) is 2.85. The van der Waals surface area contributed by atoms with Gasteiger partial charge >= 0.3 is 12.4 Å². The maximum atomic E-state index is 12.9. The second kappa shape index (κ2) is 11.1. The fourth-order valence-corrected chi connectivity index (χ4v) is 3.55. The van der Waals surface area contributed by atoms with E-state index in [4.69, 9.17) is 17.2 Å². The van der Waals surface area contributed by atoms with Gasteiger partial charge in [-0.1, -0.05) is 24.3 Å². The summed E-state index contributed by atoms with van der Waals surface area (Å²) in [4.78, 5) is 9.85. The Balaban J connectivity index is 0.000000222. The quantitative estimate of drug-likeness (QED) is 0.101. The minimum absolute atomic E-state index is 0.0665. The molecule has 210 valence electrons. The van der Waals surface area contributed by atoms with Crippen molar-refractivity contribution in [1.82, 2.24) is 0 Å². The number of nitrogen functional groups attached to an aromatic ring is 3. The Morgan fingerprint density at radius 2 is 0.950 bits per heavy atom. The molecule has 0 aliphatic heterocycles. The predicted molar refractivity (Wildman–Crippen MR) is 134 cm³/mol. The van der Waals surface area contributed by atoms with Gasteiger partial charge in [0.15, 0.2) is 0 Å². The van der Waals surface area contributed by atoms with Gasteiger partial charge < -0.3 is 17.2 Å². The number of hydrogen-bond acceptors (Lipinski definition) is 5. The van der Waals surface area contributed by atoms with Gasteiger partial charge in [-0.15, -0.1) is 0 Å². The van der Waals surface area contributed by atoms with Crippen LogP contribution in [0.3, 0.4) is 0 Å². The maximum absolute atomic E-state index is 12.9. The number of halogens is 8. The van der Waals surface area contributed by atoms with Crippen LogP contribution < -0.4 is 17.2 Å². The Bertz CT molecular complexity index is 1540. The van der Waals surface area contributed by atoms with Crippen LogP contribution in [-0.4, -0.2) is 4.92 Å². The number of rotatable bonds is 3. The van der Waals surface area contributed by atoms with Gasteiger partial charge in [0.2, 0.25) is 0 Å². The van der Waals surface area contributed by atoms with Gasteiger partial charge in [-0.05, 0) is 64.7 Å². The SMILES string of the molecule is Nc1c([N+](=O)[O-])cc(-c2ccc(F)cc2)cc1C(F)(F)F.Nc1cc(-c2ccc(F)cc2)cc(C(F)(F)F)c1N. The van der Waals surface area contributed by atoms with Crippen LogP contribution in [0, 0.1) is 21.7 Å². The molecule has 0 heterocycles. The van der Waals surface area contributed by atoms with Crippen molar-refractivity contribution in [3.63, 3.8) is 0 Å². The van der Waals surface area contributed by atoms with Gasteiger partial charge in [-0.2, -0.15) is 26.3 Å². The molecule has 6 nitrogen and oxygen atoms in total. The Kier molecular flexibility index (Phi) is 8.22. The Morgan fingerprint density at radius 1 is 0.575 bits per heavy atom. The monoisotopic (exact) mass is 570 g/mol. The lowest BCUT2D eigenvalue weighted by Gasteiger charge is -2.14. The Hall–Kier alpha value is -4.88. The molecule has 6 N–H and O–H groups in total. The molecule has 0 amide bonds. The van der Waals surface area contributed by atoms with Crippen molar-refractivity contribution in [2.24, 2.45) is 0 Å². The molecule has 0 aliphatic carbocycles. The third-order valence-electron chi connectivity index (χ3n) is 5.53. The van der Waals surface area contributed by atoms with Crippen LogP contribution in [0.1, 0.15) is 11.1 Å². The molecule has 0 radical (unpaired) electrons. The normalized spacial score (nSPS) is 11.5. The number of nitrogens with two attached hydrogens (primary N) is 3. The van der Waals surface area contributed by atoms with E-state index in [0.717, 1.165) is 36.4 Å². The lowest BCUT2D eigenvalue weighted by molar-refractivity contribution is -0.384. The van der Waals surface area contributed by atoms with E-state index >= 15 is 0 Å². The molecule has 0 unspecified atom stereocenters. The number of anilines is 3. The lowest BCUT2D eigenvalue weighted by Crippen LogP contribution is -2.11. The summed E-state index contributed by atoms with van der Waals surface area (Å²) in [7, 11) is 0. The van der Waals surface area contributed by atoms with E-state index in [1.807, 2.05) is 0 Å². The molecular weight excluding hydrogens is 552 g/mol. The van der Waals surface area contributed by atoms with Crippen molar-refractivity contribution in [3.05, 3.63) is 106 Å². The van der Waals surface area contributed by atoms with E-state index < -0.39 is 57.1 Å². The van der Waals surface area contributed by atoms with Crippen molar-refractivity contribution in [1.29, 1.82) is 0 Å². The molecular formula is C26H18F8N4O2. The zero-order valence-corrected chi connectivity index (χ0v) is 19.9. The standard InChI is InChI=1S/C13H8F4N2O2.C13H10F4N2/c14-9-3-1-7(2-4-9)8-5-10(13(15,16)17)12(18)11(6-8)19(20)21;14-9-3-1-7(2-4-9)8-5-10(13(15,16)17)12(19)11(18)6-8/h1-6H,18H2;1-6H,18-19H2. The predicted octanol–water partition coefficient (Wildman–Crippen LogP) is 7.68. The summed E-state index contributed by atoms with van der Waals surface area (Å²) in [6, 6.07) is 13.5. The molecule has 0 atom stereocenters. The average molecular weight is 570 g/mol. The maximum Gasteiger partial charge on any atom is 0.418 e. The van der Waals surface area contributed by atoms with Gasteiger partial charge in [0.05, 0.1) is 27.4 Å². The Labute approximate surface area is 220 Å². The van der Waals surface area contributed by atoms with Gasteiger partial charge in [0, 0.05) is 6.07 Å².